The first kappa shape index (κ1) is 16.2. The summed E-state index contributed by atoms with van der Waals surface area (Å²) in [6.07, 6.45) is 5.05. The third-order valence-electron chi connectivity index (χ3n) is 4.16. The number of hydrogen-bond acceptors (Lipinski definition) is 5. The zero-order valence-electron chi connectivity index (χ0n) is 13.2. The topological polar surface area (TPSA) is 49.3 Å². The summed E-state index contributed by atoms with van der Waals surface area (Å²) in [7, 11) is 1.99. The predicted octanol–water partition coefficient (Wildman–Crippen LogP) is 3.24. The highest BCUT2D eigenvalue weighted by molar-refractivity contribution is 7.12. The lowest BCUT2D eigenvalue weighted by Gasteiger charge is -2.36. The standard InChI is InChI=1S/C16H19ClN4OS/c1-11-7-14(23-10-11)15(22)21-5-3-13(4-6-21)20(2)16-18-8-12(17)9-19-16/h7-10,13H,3-6H2,1-2H3. The Bertz CT molecular complexity index is 680. The van der Waals surface area contributed by atoms with Gasteiger partial charge in [0.05, 0.1) is 22.3 Å². The minimum absolute atomic E-state index is 0.145. The summed E-state index contributed by atoms with van der Waals surface area (Å²) in [5.41, 5.74) is 1.15. The molecule has 3 rings (SSSR count). The van der Waals surface area contributed by atoms with Gasteiger partial charge in [-0.05, 0) is 36.8 Å². The van der Waals surface area contributed by atoms with Gasteiger partial charge in [0.2, 0.25) is 5.95 Å². The van der Waals surface area contributed by atoms with Gasteiger partial charge in [-0.1, -0.05) is 11.6 Å². The molecule has 1 fully saturated rings. The van der Waals surface area contributed by atoms with Crippen LogP contribution in [0, 0.1) is 6.92 Å². The molecule has 0 N–H and O–H groups in total. The van der Waals surface area contributed by atoms with Crippen molar-refractivity contribution in [2.75, 3.05) is 25.0 Å². The number of piperidine rings is 1. The summed E-state index contributed by atoms with van der Waals surface area (Å²) < 4.78 is 0. The molecule has 0 bridgehead atoms. The van der Waals surface area contributed by atoms with E-state index in [4.69, 9.17) is 11.6 Å². The van der Waals surface area contributed by atoms with Gasteiger partial charge in [-0.25, -0.2) is 9.97 Å². The Morgan fingerprint density at radius 2 is 2.00 bits per heavy atom. The molecule has 7 heteroatoms. The lowest BCUT2D eigenvalue weighted by molar-refractivity contribution is 0.0718. The molecule has 1 aliphatic heterocycles. The third-order valence-corrected chi connectivity index (χ3v) is 5.39. The van der Waals surface area contributed by atoms with Crippen LogP contribution < -0.4 is 4.90 Å². The minimum Gasteiger partial charge on any atom is -0.341 e. The van der Waals surface area contributed by atoms with E-state index in [1.807, 2.05) is 30.3 Å². The van der Waals surface area contributed by atoms with Gasteiger partial charge in [-0.15, -0.1) is 11.3 Å². The molecule has 1 saturated heterocycles. The number of carbonyl (C=O) groups excluding carboxylic acids is 1. The van der Waals surface area contributed by atoms with Crippen LogP contribution in [0.25, 0.3) is 0 Å². The molecule has 0 atom stereocenters. The Morgan fingerprint density at radius 1 is 1.35 bits per heavy atom. The van der Waals surface area contributed by atoms with Crippen LogP contribution in [0.4, 0.5) is 5.95 Å². The molecule has 2 aromatic heterocycles. The summed E-state index contributed by atoms with van der Waals surface area (Å²) in [6, 6.07) is 2.30. The van der Waals surface area contributed by atoms with Crippen molar-refractivity contribution in [1.82, 2.24) is 14.9 Å². The molecule has 1 amide bonds. The second-order valence-corrected chi connectivity index (χ2v) is 7.17. The van der Waals surface area contributed by atoms with E-state index >= 15 is 0 Å². The van der Waals surface area contributed by atoms with E-state index in [0.717, 1.165) is 36.4 Å². The molecule has 0 unspecified atom stereocenters. The van der Waals surface area contributed by atoms with Crippen LogP contribution in [0.2, 0.25) is 5.02 Å². The first-order valence-electron chi connectivity index (χ1n) is 7.59. The zero-order valence-corrected chi connectivity index (χ0v) is 14.8. The second-order valence-electron chi connectivity index (χ2n) is 5.82. The lowest BCUT2D eigenvalue weighted by atomic mass is 10.0. The summed E-state index contributed by atoms with van der Waals surface area (Å²) in [5, 5.41) is 2.56. The Balaban J connectivity index is 1.59. The molecule has 5 nitrogen and oxygen atoms in total. The third kappa shape index (κ3) is 3.64. The van der Waals surface area contributed by atoms with Crippen LogP contribution in [-0.4, -0.2) is 47.0 Å². The number of aromatic nitrogens is 2. The van der Waals surface area contributed by atoms with E-state index in [1.54, 1.807) is 12.4 Å². The molecule has 0 aliphatic carbocycles. The average molecular weight is 351 g/mol. The molecule has 122 valence electrons. The van der Waals surface area contributed by atoms with Crippen LogP contribution in [0.1, 0.15) is 28.1 Å². The number of anilines is 1. The van der Waals surface area contributed by atoms with E-state index in [0.29, 0.717) is 17.0 Å². The molecule has 0 radical (unpaired) electrons. The highest BCUT2D eigenvalue weighted by Gasteiger charge is 2.27. The predicted molar refractivity (Wildman–Crippen MR) is 93.4 cm³/mol. The van der Waals surface area contributed by atoms with Crippen molar-refractivity contribution in [3.8, 4) is 0 Å². The lowest BCUT2D eigenvalue weighted by Crippen LogP contribution is -2.46. The highest BCUT2D eigenvalue weighted by Crippen LogP contribution is 2.23. The molecular formula is C16H19ClN4OS. The molecule has 1 aliphatic rings. The number of rotatable bonds is 3. The molecule has 23 heavy (non-hydrogen) atoms. The Morgan fingerprint density at radius 3 is 2.57 bits per heavy atom. The van der Waals surface area contributed by atoms with Crippen LogP contribution in [0.15, 0.2) is 23.8 Å². The maximum absolute atomic E-state index is 12.5. The van der Waals surface area contributed by atoms with Crippen LogP contribution >= 0.6 is 22.9 Å². The van der Waals surface area contributed by atoms with Crippen molar-refractivity contribution in [1.29, 1.82) is 0 Å². The van der Waals surface area contributed by atoms with Gasteiger partial charge in [0.25, 0.3) is 5.91 Å². The monoisotopic (exact) mass is 350 g/mol. The molecule has 0 saturated carbocycles. The van der Waals surface area contributed by atoms with E-state index in [-0.39, 0.29) is 5.91 Å². The maximum Gasteiger partial charge on any atom is 0.263 e. The number of nitrogens with zero attached hydrogens (tertiary/aromatic N) is 4. The Hall–Kier alpha value is -1.66. The van der Waals surface area contributed by atoms with E-state index < -0.39 is 0 Å². The molecular weight excluding hydrogens is 332 g/mol. The summed E-state index contributed by atoms with van der Waals surface area (Å²) in [4.78, 5) is 25.9. The smallest absolute Gasteiger partial charge is 0.263 e. The van der Waals surface area contributed by atoms with Crippen LogP contribution in [0.5, 0.6) is 0 Å². The molecule has 2 aromatic rings. The van der Waals surface area contributed by atoms with Crippen molar-refractivity contribution in [3.05, 3.63) is 39.3 Å². The van der Waals surface area contributed by atoms with Crippen molar-refractivity contribution in [2.24, 2.45) is 0 Å². The first-order valence-corrected chi connectivity index (χ1v) is 8.85. The summed E-state index contributed by atoms with van der Waals surface area (Å²) in [5.74, 6) is 0.819. The Kier molecular flexibility index (Phi) is 4.82. The van der Waals surface area contributed by atoms with Crippen molar-refractivity contribution >= 4 is 34.8 Å². The fraction of sp³-hybridized carbons (Fsp3) is 0.438. The molecule has 0 spiro atoms. The summed E-state index contributed by atoms with van der Waals surface area (Å²) in [6.45, 7) is 3.54. The number of amides is 1. The van der Waals surface area contributed by atoms with Crippen LogP contribution in [0.3, 0.4) is 0 Å². The van der Waals surface area contributed by atoms with Gasteiger partial charge < -0.3 is 9.80 Å². The molecule has 3 heterocycles. The average Bonchev–Trinajstić information content (AvgIpc) is 3.01. The van der Waals surface area contributed by atoms with E-state index in [2.05, 4.69) is 14.9 Å². The van der Waals surface area contributed by atoms with Gasteiger partial charge in [0.15, 0.2) is 0 Å². The van der Waals surface area contributed by atoms with Gasteiger partial charge >= 0.3 is 0 Å². The van der Waals surface area contributed by atoms with E-state index in [9.17, 15) is 4.79 Å². The number of carbonyl (C=O) groups is 1. The van der Waals surface area contributed by atoms with Gasteiger partial charge in [0.1, 0.15) is 0 Å². The van der Waals surface area contributed by atoms with Gasteiger partial charge in [-0.3, -0.25) is 4.79 Å². The SMILES string of the molecule is Cc1csc(C(=O)N2CCC(N(C)c3ncc(Cl)cn3)CC2)c1. The zero-order chi connectivity index (χ0) is 16.4. The molecule has 0 aromatic carbocycles. The number of hydrogen-bond donors (Lipinski definition) is 0. The highest BCUT2D eigenvalue weighted by atomic mass is 35.5. The fourth-order valence-corrected chi connectivity index (χ4v) is 3.77. The largest absolute Gasteiger partial charge is 0.341 e. The normalized spacial score (nSPS) is 15.7. The summed E-state index contributed by atoms with van der Waals surface area (Å²) >= 11 is 7.35. The van der Waals surface area contributed by atoms with E-state index in [1.165, 1.54) is 11.3 Å². The van der Waals surface area contributed by atoms with Crippen LogP contribution in [-0.2, 0) is 0 Å². The number of aryl methyl sites for hydroxylation is 1. The minimum atomic E-state index is 0.145. The maximum atomic E-state index is 12.5. The number of likely N-dealkylation sites (tertiary alicyclic amines) is 1. The quantitative estimate of drug-likeness (QED) is 0.852. The number of halogens is 1. The fourth-order valence-electron chi connectivity index (χ4n) is 2.81. The second kappa shape index (κ2) is 6.84. The number of thiophene rings is 1. The van der Waals surface area contributed by atoms with Gasteiger partial charge in [0, 0.05) is 26.2 Å². The Labute approximate surface area is 144 Å². The van der Waals surface area contributed by atoms with Crippen molar-refractivity contribution in [2.45, 2.75) is 25.8 Å². The van der Waals surface area contributed by atoms with Crippen molar-refractivity contribution in [3.63, 3.8) is 0 Å². The first-order chi connectivity index (χ1) is 11.0. The van der Waals surface area contributed by atoms with Crippen molar-refractivity contribution < 1.29 is 4.79 Å². The van der Waals surface area contributed by atoms with Gasteiger partial charge in [-0.2, -0.15) is 0 Å².